The molecule has 1 saturated carbocycles. The average Bonchev–Trinajstić information content (AvgIpc) is 2.78. The second kappa shape index (κ2) is 1.40. The first kappa shape index (κ1) is 5.52. The minimum absolute atomic E-state index is 0.387. The van der Waals surface area contributed by atoms with Crippen molar-refractivity contribution in [2.24, 2.45) is 5.73 Å². The molecule has 0 radical (unpaired) electrons. The molecule has 0 bridgehead atoms. The van der Waals surface area contributed by atoms with Gasteiger partial charge in [0.05, 0.1) is 12.2 Å². The molecule has 3 unspecified atom stereocenters. The van der Waals surface area contributed by atoms with Gasteiger partial charge in [0.15, 0.2) is 0 Å². The third kappa shape index (κ3) is 0.480. The Balaban J connectivity index is 1.87. The fourth-order valence-electron chi connectivity index (χ4n) is 2.31. The fraction of sp³-hybridized carbons (Fsp3) is 1.00. The van der Waals surface area contributed by atoms with E-state index in [9.17, 15) is 0 Å². The molecule has 3 nitrogen and oxygen atoms in total. The van der Waals surface area contributed by atoms with Crippen LogP contribution in [-0.2, 0) is 0 Å². The van der Waals surface area contributed by atoms with Gasteiger partial charge >= 0.3 is 0 Å². The standard InChI is InChI=1S/C7H13N3/c8-6-5-3-9-4-7(1-2-7)10(5)6/h5-6,9H,1-4,8H2. The number of rotatable bonds is 0. The van der Waals surface area contributed by atoms with Gasteiger partial charge in [0, 0.05) is 18.6 Å². The molecular formula is C7H13N3. The summed E-state index contributed by atoms with van der Waals surface area (Å²) in [5.74, 6) is 0. The Morgan fingerprint density at radius 3 is 2.90 bits per heavy atom. The summed E-state index contributed by atoms with van der Waals surface area (Å²) < 4.78 is 0. The van der Waals surface area contributed by atoms with Gasteiger partial charge in [-0.05, 0) is 12.8 Å². The predicted octanol–water partition coefficient (Wildman–Crippen LogP) is -0.909. The Labute approximate surface area is 60.6 Å². The lowest BCUT2D eigenvalue weighted by Gasteiger charge is -2.23. The van der Waals surface area contributed by atoms with Gasteiger partial charge in [0.25, 0.3) is 0 Å². The molecule has 0 amide bonds. The molecule has 3 aliphatic rings. The maximum absolute atomic E-state index is 5.87. The molecule has 56 valence electrons. The Hall–Kier alpha value is -0.120. The summed E-state index contributed by atoms with van der Waals surface area (Å²) in [5.41, 5.74) is 6.40. The van der Waals surface area contributed by atoms with Crippen LogP contribution in [0.5, 0.6) is 0 Å². The maximum Gasteiger partial charge on any atom is 0.0754 e. The quantitative estimate of drug-likeness (QED) is 0.427. The highest BCUT2D eigenvalue weighted by atomic mass is 15.5. The zero-order chi connectivity index (χ0) is 6.77. The molecule has 3 heteroatoms. The van der Waals surface area contributed by atoms with Crippen molar-refractivity contribution in [3.8, 4) is 0 Å². The van der Waals surface area contributed by atoms with Crippen LogP contribution in [0.2, 0.25) is 0 Å². The third-order valence-corrected chi connectivity index (χ3v) is 3.17. The van der Waals surface area contributed by atoms with Gasteiger partial charge in [-0.15, -0.1) is 0 Å². The minimum atomic E-state index is 0.387. The van der Waals surface area contributed by atoms with E-state index in [-0.39, 0.29) is 0 Å². The van der Waals surface area contributed by atoms with E-state index in [1.54, 1.807) is 0 Å². The molecule has 0 aromatic rings. The number of nitrogens with one attached hydrogen (secondary N) is 1. The second-order valence-corrected chi connectivity index (χ2v) is 3.82. The largest absolute Gasteiger partial charge is 0.314 e. The first-order valence-corrected chi connectivity index (χ1v) is 4.08. The highest BCUT2D eigenvalue weighted by molar-refractivity contribution is 5.20. The number of hydrogen-bond donors (Lipinski definition) is 2. The summed E-state index contributed by atoms with van der Waals surface area (Å²) >= 11 is 0. The van der Waals surface area contributed by atoms with E-state index in [0.29, 0.717) is 17.7 Å². The Morgan fingerprint density at radius 1 is 1.50 bits per heavy atom. The minimum Gasteiger partial charge on any atom is -0.314 e. The third-order valence-electron chi connectivity index (χ3n) is 3.17. The van der Waals surface area contributed by atoms with Gasteiger partial charge in [-0.2, -0.15) is 0 Å². The van der Waals surface area contributed by atoms with E-state index in [1.807, 2.05) is 0 Å². The average molecular weight is 139 g/mol. The van der Waals surface area contributed by atoms with Crippen LogP contribution in [0.4, 0.5) is 0 Å². The maximum atomic E-state index is 5.87. The van der Waals surface area contributed by atoms with Gasteiger partial charge in [-0.1, -0.05) is 0 Å². The number of nitrogens with zero attached hydrogens (tertiary/aromatic N) is 1. The summed E-state index contributed by atoms with van der Waals surface area (Å²) in [6.45, 7) is 2.29. The predicted molar refractivity (Wildman–Crippen MR) is 38.4 cm³/mol. The van der Waals surface area contributed by atoms with Crippen molar-refractivity contribution in [3.05, 3.63) is 0 Å². The van der Waals surface area contributed by atoms with E-state index in [0.717, 1.165) is 6.54 Å². The van der Waals surface area contributed by atoms with Crippen LogP contribution in [0.15, 0.2) is 0 Å². The molecule has 3 atom stereocenters. The lowest BCUT2D eigenvalue weighted by molar-refractivity contribution is 0.279. The number of fused-ring (bicyclic) bond motifs is 2. The van der Waals surface area contributed by atoms with Crippen molar-refractivity contribution >= 4 is 0 Å². The van der Waals surface area contributed by atoms with E-state index in [4.69, 9.17) is 5.73 Å². The molecular weight excluding hydrogens is 126 g/mol. The number of hydrogen-bond acceptors (Lipinski definition) is 3. The van der Waals surface area contributed by atoms with E-state index < -0.39 is 0 Å². The van der Waals surface area contributed by atoms with Crippen LogP contribution < -0.4 is 11.1 Å². The molecule has 0 aromatic carbocycles. The molecule has 1 spiro atoms. The zero-order valence-corrected chi connectivity index (χ0v) is 6.01. The molecule has 10 heavy (non-hydrogen) atoms. The van der Waals surface area contributed by atoms with Crippen molar-refractivity contribution in [3.63, 3.8) is 0 Å². The van der Waals surface area contributed by atoms with Crippen molar-refractivity contribution < 1.29 is 0 Å². The van der Waals surface area contributed by atoms with E-state index in [2.05, 4.69) is 10.2 Å². The molecule has 2 heterocycles. The van der Waals surface area contributed by atoms with Crippen molar-refractivity contribution in [2.45, 2.75) is 30.6 Å². The van der Waals surface area contributed by atoms with Crippen LogP contribution in [-0.4, -0.2) is 35.7 Å². The van der Waals surface area contributed by atoms with E-state index >= 15 is 0 Å². The highest BCUT2D eigenvalue weighted by Crippen LogP contribution is 2.51. The SMILES string of the molecule is NC1C2CNCC3(CC3)N12. The summed E-state index contributed by atoms with van der Waals surface area (Å²) in [6, 6.07) is 0.677. The van der Waals surface area contributed by atoms with Gasteiger partial charge in [0.2, 0.25) is 0 Å². The monoisotopic (exact) mass is 139 g/mol. The number of piperazine rings is 1. The first-order chi connectivity index (χ1) is 4.83. The molecule has 1 aliphatic carbocycles. The smallest absolute Gasteiger partial charge is 0.0754 e. The van der Waals surface area contributed by atoms with Crippen LogP contribution >= 0.6 is 0 Å². The van der Waals surface area contributed by atoms with Gasteiger partial charge in [-0.3, -0.25) is 4.90 Å². The van der Waals surface area contributed by atoms with Crippen LogP contribution in [0, 0.1) is 0 Å². The van der Waals surface area contributed by atoms with Gasteiger partial charge in [0.1, 0.15) is 0 Å². The molecule has 3 rings (SSSR count). The summed E-state index contributed by atoms with van der Waals surface area (Å²) in [4.78, 5) is 2.49. The Bertz CT molecular complexity index is 176. The highest BCUT2D eigenvalue weighted by Gasteiger charge is 2.63. The fourth-order valence-corrected chi connectivity index (χ4v) is 2.31. The molecule has 2 aliphatic heterocycles. The van der Waals surface area contributed by atoms with Gasteiger partial charge < -0.3 is 11.1 Å². The summed E-state index contributed by atoms with van der Waals surface area (Å²) in [6.07, 6.45) is 3.12. The van der Waals surface area contributed by atoms with Crippen molar-refractivity contribution in [1.29, 1.82) is 0 Å². The topological polar surface area (TPSA) is 41.1 Å². The summed E-state index contributed by atoms with van der Waals surface area (Å²) in [5, 5.41) is 3.44. The Morgan fingerprint density at radius 2 is 2.30 bits per heavy atom. The zero-order valence-electron chi connectivity index (χ0n) is 6.01. The second-order valence-electron chi connectivity index (χ2n) is 3.82. The lowest BCUT2D eigenvalue weighted by atomic mass is 10.2. The molecule has 3 fully saturated rings. The van der Waals surface area contributed by atoms with Crippen LogP contribution in [0.3, 0.4) is 0 Å². The Kier molecular flexibility index (Phi) is 0.770. The molecule has 3 N–H and O–H groups in total. The molecule has 0 aromatic heterocycles. The lowest BCUT2D eigenvalue weighted by Crippen LogP contribution is -2.43. The number of nitrogens with two attached hydrogens (primary N) is 1. The van der Waals surface area contributed by atoms with Gasteiger partial charge in [-0.25, -0.2) is 0 Å². The summed E-state index contributed by atoms with van der Waals surface area (Å²) in [7, 11) is 0. The first-order valence-electron chi connectivity index (χ1n) is 4.08. The van der Waals surface area contributed by atoms with Crippen LogP contribution in [0.1, 0.15) is 12.8 Å². The van der Waals surface area contributed by atoms with Crippen LogP contribution in [0.25, 0.3) is 0 Å². The van der Waals surface area contributed by atoms with Crippen molar-refractivity contribution in [2.75, 3.05) is 13.1 Å². The van der Waals surface area contributed by atoms with E-state index in [1.165, 1.54) is 19.4 Å². The van der Waals surface area contributed by atoms with Crippen molar-refractivity contribution in [1.82, 2.24) is 10.2 Å². The normalized spacial score (nSPS) is 54.3. The molecule has 2 saturated heterocycles.